The molecule has 0 radical (unpaired) electrons. The molecule has 6 nitrogen and oxygen atoms in total. The monoisotopic (exact) mass is 371 g/mol. The maximum absolute atomic E-state index is 12.2. The molecule has 0 saturated carbocycles. The van der Waals surface area contributed by atoms with Gasteiger partial charge in [-0.3, -0.25) is 0 Å². The second-order valence-corrected chi connectivity index (χ2v) is 6.63. The molecule has 2 aromatic carbocycles. The minimum Gasteiger partial charge on any atom is -0.488 e. The van der Waals surface area contributed by atoms with E-state index in [1.165, 1.54) is 7.11 Å². The minimum absolute atomic E-state index is 0.399. The Balaban J connectivity index is 2.01. The van der Waals surface area contributed by atoms with Crippen LogP contribution in [-0.2, 0) is 27.4 Å². The number of ether oxygens (including phenoxy) is 4. The summed E-state index contributed by atoms with van der Waals surface area (Å²) < 4.78 is 22.5. The van der Waals surface area contributed by atoms with E-state index in [0.29, 0.717) is 43.2 Å². The summed E-state index contributed by atoms with van der Waals surface area (Å²) >= 11 is 0. The van der Waals surface area contributed by atoms with Gasteiger partial charge in [-0.05, 0) is 31.8 Å². The lowest BCUT2D eigenvalue weighted by molar-refractivity contribution is -0.0460. The maximum Gasteiger partial charge on any atom is 0.337 e. The molecule has 3 rings (SSSR count). The number of methoxy groups -OCH3 is 1. The van der Waals surface area contributed by atoms with Crippen molar-refractivity contribution in [2.45, 2.75) is 19.4 Å². The van der Waals surface area contributed by atoms with Gasteiger partial charge in [0.2, 0.25) is 0 Å². The van der Waals surface area contributed by atoms with Gasteiger partial charge in [-0.25, -0.2) is 4.79 Å². The van der Waals surface area contributed by atoms with Crippen LogP contribution in [0.2, 0.25) is 0 Å². The Labute approximate surface area is 159 Å². The summed E-state index contributed by atoms with van der Waals surface area (Å²) in [6, 6.07) is 13.5. The Morgan fingerprint density at radius 1 is 1.15 bits per heavy atom. The van der Waals surface area contributed by atoms with Crippen molar-refractivity contribution in [1.29, 1.82) is 0 Å². The molecule has 1 saturated heterocycles. The number of hydrogen-bond donors (Lipinski definition) is 0. The molecule has 144 valence electrons. The van der Waals surface area contributed by atoms with Crippen molar-refractivity contribution in [3.63, 3.8) is 0 Å². The third-order valence-corrected chi connectivity index (χ3v) is 4.20. The van der Waals surface area contributed by atoms with Crippen molar-refractivity contribution in [1.82, 2.24) is 4.90 Å². The maximum atomic E-state index is 12.2. The van der Waals surface area contributed by atoms with Gasteiger partial charge in [0.25, 0.3) is 0 Å². The quantitative estimate of drug-likeness (QED) is 0.697. The minimum atomic E-state index is -0.554. The number of rotatable bonds is 7. The van der Waals surface area contributed by atoms with E-state index in [2.05, 4.69) is 0 Å². The van der Waals surface area contributed by atoms with Gasteiger partial charge in [0.15, 0.2) is 6.29 Å². The Bertz CT molecular complexity index is 770. The standard InChI is InChI=1S/C21H25NO5/c1-22(2)13-17-11-16(20(23)24-3)12-18(21-25-9-10-26-21)19(17)27-14-15-7-5-4-6-8-15/h4-8,11-12,21H,9-10,13-14H2,1-3H3. The fraction of sp³-hybridized carbons (Fsp3) is 0.381. The molecule has 1 aliphatic rings. The molecular formula is C21H25NO5. The number of benzene rings is 2. The van der Waals surface area contributed by atoms with Crippen LogP contribution in [0, 0.1) is 0 Å². The lowest BCUT2D eigenvalue weighted by Gasteiger charge is -2.22. The van der Waals surface area contributed by atoms with E-state index in [1.54, 1.807) is 6.07 Å². The molecule has 1 fully saturated rings. The van der Waals surface area contributed by atoms with Crippen molar-refractivity contribution < 1.29 is 23.7 Å². The molecule has 1 aliphatic heterocycles. The van der Waals surface area contributed by atoms with E-state index in [0.717, 1.165) is 11.1 Å². The van der Waals surface area contributed by atoms with Gasteiger partial charge in [-0.2, -0.15) is 0 Å². The average molecular weight is 371 g/mol. The van der Waals surface area contributed by atoms with E-state index in [-0.39, 0.29) is 0 Å². The Kier molecular flexibility index (Phi) is 6.45. The zero-order valence-electron chi connectivity index (χ0n) is 15.9. The molecule has 0 atom stereocenters. The molecule has 1 heterocycles. The molecule has 0 spiro atoms. The number of nitrogens with zero attached hydrogens (tertiary/aromatic N) is 1. The fourth-order valence-corrected chi connectivity index (χ4v) is 3.03. The first-order valence-corrected chi connectivity index (χ1v) is 8.88. The van der Waals surface area contributed by atoms with Gasteiger partial charge < -0.3 is 23.8 Å². The topological polar surface area (TPSA) is 57.2 Å². The Morgan fingerprint density at radius 2 is 1.85 bits per heavy atom. The Morgan fingerprint density at radius 3 is 2.48 bits per heavy atom. The molecule has 0 bridgehead atoms. The molecule has 2 aromatic rings. The van der Waals surface area contributed by atoms with Crippen LogP contribution in [0.25, 0.3) is 0 Å². The van der Waals surface area contributed by atoms with Crippen molar-refractivity contribution in [3.8, 4) is 5.75 Å². The lowest BCUT2D eigenvalue weighted by atomic mass is 10.0. The van der Waals surface area contributed by atoms with E-state index in [1.807, 2.05) is 55.4 Å². The van der Waals surface area contributed by atoms with Gasteiger partial charge in [0.05, 0.1) is 31.5 Å². The molecular weight excluding hydrogens is 346 g/mol. The van der Waals surface area contributed by atoms with Crippen LogP contribution in [0.5, 0.6) is 5.75 Å². The van der Waals surface area contributed by atoms with Gasteiger partial charge in [-0.1, -0.05) is 30.3 Å². The number of hydrogen-bond acceptors (Lipinski definition) is 6. The van der Waals surface area contributed by atoms with Crippen LogP contribution in [0.15, 0.2) is 42.5 Å². The van der Waals surface area contributed by atoms with Crippen LogP contribution >= 0.6 is 0 Å². The normalized spacial score (nSPS) is 14.5. The highest BCUT2D eigenvalue weighted by atomic mass is 16.7. The van der Waals surface area contributed by atoms with Crippen LogP contribution in [0.1, 0.15) is 33.3 Å². The predicted molar refractivity (Wildman–Crippen MR) is 101 cm³/mol. The first-order valence-electron chi connectivity index (χ1n) is 8.88. The first kappa shape index (κ1) is 19.4. The van der Waals surface area contributed by atoms with Crippen molar-refractivity contribution in [2.75, 3.05) is 34.4 Å². The second-order valence-electron chi connectivity index (χ2n) is 6.63. The second kappa shape index (κ2) is 8.99. The molecule has 0 amide bonds. The van der Waals surface area contributed by atoms with Crippen LogP contribution in [0.3, 0.4) is 0 Å². The molecule has 0 aliphatic carbocycles. The molecule has 27 heavy (non-hydrogen) atoms. The molecule has 0 N–H and O–H groups in total. The van der Waals surface area contributed by atoms with Gasteiger partial charge >= 0.3 is 5.97 Å². The largest absolute Gasteiger partial charge is 0.488 e. The summed E-state index contributed by atoms with van der Waals surface area (Å²) in [7, 11) is 5.30. The summed E-state index contributed by atoms with van der Waals surface area (Å²) in [6.07, 6.45) is -0.554. The number of carbonyl (C=O) groups excluding carboxylic acids is 1. The van der Waals surface area contributed by atoms with Gasteiger partial charge in [0.1, 0.15) is 12.4 Å². The fourth-order valence-electron chi connectivity index (χ4n) is 3.03. The van der Waals surface area contributed by atoms with Crippen LogP contribution < -0.4 is 4.74 Å². The van der Waals surface area contributed by atoms with Crippen molar-refractivity contribution in [3.05, 3.63) is 64.7 Å². The van der Waals surface area contributed by atoms with Crippen LogP contribution in [-0.4, -0.2) is 45.3 Å². The highest BCUT2D eigenvalue weighted by Crippen LogP contribution is 2.36. The van der Waals surface area contributed by atoms with Crippen molar-refractivity contribution >= 4 is 5.97 Å². The first-order chi connectivity index (χ1) is 13.1. The highest BCUT2D eigenvalue weighted by Gasteiger charge is 2.27. The SMILES string of the molecule is COC(=O)c1cc(CN(C)C)c(OCc2ccccc2)c(C2OCCO2)c1. The summed E-state index contributed by atoms with van der Waals surface area (Å²) in [6.45, 7) is 2.04. The molecule has 0 aromatic heterocycles. The summed E-state index contributed by atoms with van der Waals surface area (Å²) in [5.41, 5.74) is 3.11. The molecule has 0 unspecified atom stereocenters. The highest BCUT2D eigenvalue weighted by molar-refractivity contribution is 5.90. The summed E-state index contributed by atoms with van der Waals surface area (Å²) in [5.74, 6) is 0.288. The summed E-state index contributed by atoms with van der Waals surface area (Å²) in [5, 5.41) is 0. The number of esters is 1. The van der Waals surface area contributed by atoms with Gasteiger partial charge in [0, 0.05) is 12.1 Å². The Hall–Kier alpha value is -2.41. The average Bonchev–Trinajstić information content (AvgIpc) is 3.20. The van der Waals surface area contributed by atoms with Crippen LogP contribution in [0.4, 0.5) is 0 Å². The number of carbonyl (C=O) groups is 1. The predicted octanol–water partition coefficient (Wildman–Crippen LogP) is 3.16. The van der Waals surface area contributed by atoms with E-state index in [4.69, 9.17) is 18.9 Å². The van der Waals surface area contributed by atoms with E-state index >= 15 is 0 Å². The van der Waals surface area contributed by atoms with Gasteiger partial charge in [-0.15, -0.1) is 0 Å². The zero-order chi connectivity index (χ0) is 19.2. The summed E-state index contributed by atoms with van der Waals surface area (Å²) in [4.78, 5) is 14.2. The zero-order valence-corrected chi connectivity index (χ0v) is 15.9. The van der Waals surface area contributed by atoms with E-state index in [9.17, 15) is 4.79 Å². The van der Waals surface area contributed by atoms with E-state index < -0.39 is 12.3 Å². The van der Waals surface area contributed by atoms with Crippen molar-refractivity contribution in [2.24, 2.45) is 0 Å². The molecule has 6 heteroatoms. The smallest absolute Gasteiger partial charge is 0.337 e. The third-order valence-electron chi connectivity index (χ3n) is 4.20. The third kappa shape index (κ3) is 4.86. The lowest BCUT2D eigenvalue weighted by Crippen LogP contribution is -2.16.